The minimum atomic E-state index is 0.0233. The summed E-state index contributed by atoms with van der Waals surface area (Å²) in [5.41, 5.74) is 6.49. The summed E-state index contributed by atoms with van der Waals surface area (Å²) in [4.78, 5) is 3.46. The van der Waals surface area contributed by atoms with Gasteiger partial charge in [-0.15, -0.1) is 0 Å². The fourth-order valence-corrected chi connectivity index (χ4v) is 2.64. The fourth-order valence-electron chi connectivity index (χ4n) is 1.30. The zero-order valence-corrected chi connectivity index (χ0v) is 11.1. The van der Waals surface area contributed by atoms with E-state index in [1.807, 2.05) is 12.1 Å². The topological polar surface area (TPSA) is 41.3 Å². The molecule has 1 atom stereocenters. The molecule has 1 aromatic carbocycles. The van der Waals surface area contributed by atoms with E-state index in [1.54, 1.807) is 0 Å². The van der Waals surface area contributed by atoms with Crippen molar-refractivity contribution in [3.63, 3.8) is 0 Å². The van der Waals surface area contributed by atoms with Crippen LogP contribution in [0.15, 0.2) is 29.2 Å². The number of nitrogens with one attached hydrogen (secondary N) is 1. The molecule has 3 nitrogen and oxygen atoms in total. The predicted octanol–water partition coefficient (Wildman–Crippen LogP) is 1.78. The number of nitrogen functional groups attached to an aromatic ring is 1. The third-order valence-electron chi connectivity index (χ3n) is 2.19. The van der Waals surface area contributed by atoms with E-state index < -0.39 is 0 Å². The van der Waals surface area contributed by atoms with Gasteiger partial charge >= 0.3 is 0 Å². The Labute approximate surface area is 101 Å². The van der Waals surface area contributed by atoms with E-state index in [1.165, 1.54) is 4.90 Å². The molecule has 0 radical (unpaired) electrons. The lowest BCUT2D eigenvalue weighted by molar-refractivity contribution is 0.415. The lowest BCUT2D eigenvalue weighted by atomic mass is 10.3. The van der Waals surface area contributed by atoms with E-state index in [2.05, 4.69) is 48.1 Å². The predicted molar refractivity (Wildman–Crippen MR) is 75.0 cm³/mol. The van der Waals surface area contributed by atoms with Crippen LogP contribution in [0.3, 0.4) is 0 Å². The number of nitrogens with two attached hydrogens (primary N) is 1. The monoisotopic (exact) mass is 239 g/mol. The smallest absolute Gasteiger partial charge is 0.0314 e. The number of hydrogen-bond donors (Lipinski definition) is 2. The van der Waals surface area contributed by atoms with Crippen LogP contribution in [0, 0.1) is 0 Å². The zero-order valence-electron chi connectivity index (χ0n) is 10.2. The van der Waals surface area contributed by atoms with Gasteiger partial charge in [0.15, 0.2) is 0 Å². The van der Waals surface area contributed by atoms with Crippen molar-refractivity contribution in [2.24, 2.45) is 0 Å². The minimum Gasteiger partial charge on any atom is -0.399 e. The molecular weight excluding hydrogens is 218 g/mol. The van der Waals surface area contributed by atoms with Crippen molar-refractivity contribution < 1.29 is 0 Å². The molecule has 1 aromatic rings. The van der Waals surface area contributed by atoms with Crippen molar-refractivity contribution in [3.05, 3.63) is 24.3 Å². The van der Waals surface area contributed by atoms with Crippen LogP contribution < -0.4 is 10.5 Å². The third-order valence-corrected chi connectivity index (χ3v) is 3.95. The molecule has 0 aromatic heterocycles. The normalized spacial score (nSPS) is 13.2. The van der Waals surface area contributed by atoms with Crippen LogP contribution in [-0.4, -0.2) is 37.5 Å². The fraction of sp³-hybridized carbons (Fsp3) is 0.417. The molecule has 0 amide bonds. The van der Waals surface area contributed by atoms with E-state index >= 15 is 0 Å². The zero-order chi connectivity index (χ0) is 12.0. The van der Waals surface area contributed by atoms with Crippen LogP contribution in [0.2, 0.25) is 0 Å². The van der Waals surface area contributed by atoms with E-state index in [4.69, 9.17) is 5.73 Å². The highest BCUT2D eigenvalue weighted by molar-refractivity contribution is 8.13. The summed E-state index contributed by atoms with van der Waals surface area (Å²) in [6.45, 7) is 4.12. The summed E-state index contributed by atoms with van der Waals surface area (Å²) in [5, 5.41) is 2.20. The Bertz CT molecular complexity index is 344. The Hall–Kier alpha value is -0.840. The van der Waals surface area contributed by atoms with Crippen molar-refractivity contribution in [2.45, 2.75) is 11.8 Å². The number of hydrogen-bond acceptors (Lipinski definition) is 3. The first-order chi connectivity index (χ1) is 7.63. The lowest BCUT2D eigenvalue weighted by Gasteiger charge is -2.14. The van der Waals surface area contributed by atoms with Crippen molar-refractivity contribution in [3.8, 4) is 0 Å². The Balaban J connectivity index is 2.58. The molecule has 0 bridgehead atoms. The molecule has 0 heterocycles. The second-order valence-corrected chi connectivity index (χ2v) is 5.75. The summed E-state index contributed by atoms with van der Waals surface area (Å²) in [5.74, 6) is 0. The Morgan fingerprint density at radius 2 is 1.94 bits per heavy atom. The standard InChI is InChI=1S/C12H21N3S/c1-4-16(14-9-10-15(2)3)12-7-5-11(13)6-8-12/h4-8,14H,9-10,13H2,1-3H3. The number of rotatable bonds is 5. The first-order valence-electron chi connectivity index (χ1n) is 5.40. The van der Waals surface area contributed by atoms with Crippen molar-refractivity contribution in [1.29, 1.82) is 0 Å². The molecule has 0 saturated heterocycles. The van der Waals surface area contributed by atoms with Gasteiger partial charge in [-0.25, -0.2) is 0 Å². The number of benzene rings is 1. The van der Waals surface area contributed by atoms with Gasteiger partial charge in [0.25, 0.3) is 0 Å². The third kappa shape index (κ3) is 4.35. The second-order valence-electron chi connectivity index (χ2n) is 3.84. The minimum absolute atomic E-state index is 0.0233. The van der Waals surface area contributed by atoms with Gasteiger partial charge in [-0.1, -0.05) is 10.7 Å². The van der Waals surface area contributed by atoms with Gasteiger partial charge in [0.2, 0.25) is 0 Å². The second kappa shape index (κ2) is 6.68. The highest BCUT2D eigenvalue weighted by Crippen LogP contribution is 2.22. The molecule has 90 valence electrons. The van der Waals surface area contributed by atoms with Crippen LogP contribution in [-0.2, 0) is 0 Å². The largest absolute Gasteiger partial charge is 0.399 e. The number of nitrogens with zero attached hydrogens (tertiary/aromatic N) is 1. The van der Waals surface area contributed by atoms with Gasteiger partial charge < -0.3 is 10.6 Å². The van der Waals surface area contributed by atoms with Gasteiger partial charge in [-0.2, -0.15) is 0 Å². The SMILES string of the molecule is CC=S(NCCN(C)C)c1ccc(N)cc1. The number of anilines is 1. The molecule has 4 heteroatoms. The first kappa shape index (κ1) is 13.2. The average Bonchev–Trinajstić information content (AvgIpc) is 2.26. The van der Waals surface area contributed by atoms with Crippen molar-refractivity contribution >= 4 is 21.7 Å². The number of likely N-dealkylation sites (N-methyl/N-ethyl adjacent to an activating group) is 1. The molecule has 0 aliphatic carbocycles. The summed E-state index contributed by atoms with van der Waals surface area (Å²) in [6.07, 6.45) is 0. The van der Waals surface area contributed by atoms with E-state index in [9.17, 15) is 0 Å². The lowest BCUT2D eigenvalue weighted by Crippen LogP contribution is -2.23. The highest BCUT2D eigenvalue weighted by atomic mass is 32.2. The van der Waals surface area contributed by atoms with Crippen LogP contribution >= 0.6 is 10.7 Å². The molecule has 0 aliphatic rings. The Kier molecular flexibility index (Phi) is 5.52. The average molecular weight is 239 g/mol. The van der Waals surface area contributed by atoms with Gasteiger partial charge in [0.05, 0.1) is 0 Å². The molecular formula is C12H21N3S. The Morgan fingerprint density at radius 3 is 2.44 bits per heavy atom. The molecule has 0 spiro atoms. The molecule has 0 fully saturated rings. The van der Waals surface area contributed by atoms with E-state index in [0.717, 1.165) is 18.8 Å². The van der Waals surface area contributed by atoms with E-state index in [-0.39, 0.29) is 10.7 Å². The van der Waals surface area contributed by atoms with Crippen LogP contribution in [0.25, 0.3) is 0 Å². The quantitative estimate of drug-likeness (QED) is 0.608. The highest BCUT2D eigenvalue weighted by Gasteiger charge is 1.98. The van der Waals surface area contributed by atoms with Crippen molar-refractivity contribution in [1.82, 2.24) is 9.62 Å². The molecule has 3 N–H and O–H groups in total. The summed E-state index contributed by atoms with van der Waals surface area (Å²) in [6, 6.07) is 8.07. The summed E-state index contributed by atoms with van der Waals surface area (Å²) < 4.78 is 3.53. The maximum absolute atomic E-state index is 5.67. The molecule has 1 rings (SSSR count). The van der Waals surface area contributed by atoms with Gasteiger partial charge in [0, 0.05) is 23.7 Å². The maximum Gasteiger partial charge on any atom is 0.0314 e. The first-order valence-corrected chi connectivity index (χ1v) is 6.68. The van der Waals surface area contributed by atoms with Crippen molar-refractivity contribution in [2.75, 3.05) is 32.9 Å². The van der Waals surface area contributed by atoms with Crippen LogP contribution in [0.5, 0.6) is 0 Å². The van der Waals surface area contributed by atoms with Crippen LogP contribution in [0.1, 0.15) is 6.92 Å². The Morgan fingerprint density at radius 1 is 1.31 bits per heavy atom. The summed E-state index contributed by atoms with van der Waals surface area (Å²) >= 11 is 0. The van der Waals surface area contributed by atoms with Gasteiger partial charge in [-0.05, 0) is 50.7 Å². The summed E-state index contributed by atoms with van der Waals surface area (Å²) in [7, 11) is 4.19. The van der Waals surface area contributed by atoms with Gasteiger partial charge in [0.1, 0.15) is 0 Å². The molecule has 0 saturated carbocycles. The molecule has 16 heavy (non-hydrogen) atoms. The van der Waals surface area contributed by atoms with E-state index in [0.29, 0.717) is 0 Å². The molecule has 0 aliphatic heterocycles. The molecule has 1 unspecified atom stereocenters. The maximum atomic E-state index is 5.67. The van der Waals surface area contributed by atoms with Crippen LogP contribution in [0.4, 0.5) is 5.69 Å². The van der Waals surface area contributed by atoms with Gasteiger partial charge in [-0.3, -0.25) is 4.72 Å².